The summed E-state index contributed by atoms with van der Waals surface area (Å²) in [5, 5.41) is 10.9. The van der Waals surface area contributed by atoms with Crippen molar-refractivity contribution in [2.75, 3.05) is 0 Å². The molecule has 0 saturated carbocycles. The molecule has 0 fully saturated rings. The number of Topliss-reactive ketones (excluding diaryl/α,β-unsaturated/α-hetero) is 1. The lowest BCUT2D eigenvalue weighted by Gasteiger charge is -2.13. The van der Waals surface area contributed by atoms with Crippen LogP contribution in [0.5, 0.6) is 5.75 Å². The average Bonchev–Trinajstić information content (AvgIpc) is 2.18. The van der Waals surface area contributed by atoms with E-state index in [1.165, 1.54) is 19.1 Å². The van der Waals surface area contributed by atoms with E-state index in [1.54, 1.807) is 13.8 Å². The van der Waals surface area contributed by atoms with Gasteiger partial charge in [-0.1, -0.05) is 15.9 Å². The van der Waals surface area contributed by atoms with Crippen molar-refractivity contribution in [3.8, 4) is 5.75 Å². The summed E-state index contributed by atoms with van der Waals surface area (Å²) in [4.78, 5) is 21.8. The molecule has 17 heavy (non-hydrogen) atoms. The minimum Gasteiger partial charge on any atom is -0.484 e. The van der Waals surface area contributed by atoms with Crippen LogP contribution in [0.25, 0.3) is 0 Å². The van der Waals surface area contributed by atoms with Gasteiger partial charge >= 0.3 is 5.69 Å². The lowest BCUT2D eigenvalue weighted by atomic mass is 10.1. The number of rotatable bonds is 4. The number of hydrogen-bond donors (Lipinski definition) is 0. The van der Waals surface area contributed by atoms with Crippen molar-refractivity contribution in [3.63, 3.8) is 0 Å². The molecule has 1 aromatic rings. The zero-order chi connectivity index (χ0) is 13.2. The Morgan fingerprint density at radius 1 is 1.47 bits per heavy atom. The second kappa shape index (κ2) is 5.27. The van der Waals surface area contributed by atoms with E-state index in [1.807, 2.05) is 0 Å². The number of halogens is 1. The van der Waals surface area contributed by atoms with E-state index in [4.69, 9.17) is 4.74 Å². The second-order valence-corrected chi connectivity index (χ2v) is 4.70. The van der Waals surface area contributed by atoms with Gasteiger partial charge in [-0.05, 0) is 26.8 Å². The Bertz CT molecular complexity index is 436. The Labute approximate surface area is 107 Å². The molecule has 0 unspecified atom stereocenters. The van der Waals surface area contributed by atoms with Crippen molar-refractivity contribution < 1.29 is 14.5 Å². The average molecular weight is 302 g/mol. The van der Waals surface area contributed by atoms with Crippen LogP contribution >= 0.6 is 15.9 Å². The topological polar surface area (TPSA) is 69.4 Å². The fraction of sp³-hybridized carbons (Fsp3) is 0.364. The molecule has 0 aliphatic heterocycles. The van der Waals surface area contributed by atoms with Gasteiger partial charge in [0.2, 0.25) is 5.75 Å². The van der Waals surface area contributed by atoms with Gasteiger partial charge in [-0.2, -0.15) is 0 Å². The van der Waals surface area contributed by atoms with E-state index in [9.17, 15) is 14.9 Å². The van der Waals surface area contributed by atoms with Crippen molar-refractivity contribution in [3.05, 3.63) is 32.3 Å². The number of carbonyl (C=O) groups excluding carboxylic acids is 1. The molecule has 1 rings (SSSR count). The maximum absolute atomic E-state index is 11.5. The molecule has 0 atom stereocenters. The van der Waals surface area contributed by atoms with Crippen LogP contribution in [-0.2, 0) is 0 Å². The third kappa shape index (κ3) is 3.26. The summed E-state index contributed by atoms with van der Waals surface area (Å²) in [6.45, 7) is 4.84. The van der Waals surface area contributed by atoms with Crippen molar-refractivity contribution in [2.24, 2.45) is 0 Å². The quantitative estimate of drug-likeness (QED) is 0.486. The van der Waals surface area contributed by atoms with E-state index in [0.29, 0.717) is 4.47 Å². The molecule has 0 aliphatic carbocycles. The van der Waals surface area contributed by atoms with Crippen LogP contribution in [0.3, 0.4) is 0 Å². The van der Waals surface area contributed by atoms with Crippen molar-refractivity contribution in [1.29, 1.82) is 0 Å². The lowest BCUT2D eigenvalue weighted by molar-refractivity contribution is -0.386. The highest BCUT2D eigenvalue weighted by molar-refractivity contribution is 9.10. The second-order valence-electron chi connectivity index (χ2n) is 3.78. The molecule has 1 aromatic carbocycles. The highest BCUT2D eigenvalue weighted by Crippen LogP contribution is 2.35. The SMILES string of the molecule is CC(=O)c1cc(Br)cc([N+](=O)[O-])c1OC(C)C. The Morgan fingerprint density at radius 2 is 2.06 bits per heavy atom. The molecule has 0 heterocycles. The molecule has 0 saturated heterocycles. The highest BCUT2D eigenvalue weighted by Gasteiger charge is 2.23. The maximum Gasteiger partial charge on any atom is 0.312 e. The van der Waals surface area contributed by atoms with E-state index in [0.717, 1.165) is 0 Å². The summed E-state index contributed by atoms with van der Waals surface area (Å²) < 4.78 is 5.85. The third-order valence-corrected chi connectivity index (χ3v) is 2.42. The van der Waals surface area contributed by atoms with E-state index < -0.39 is 4.92 Å². The van der Waals surface area contributed by atoms with Crippen LogP contribution in [0.15, 0.2) is 16.6 Å². The highest BCUT2D eigenvalue weighted by atomic mass is 79.9. The molecule has 0 aromatic heterocycles. The third-order valence-electron chi connectivity index (χ3n) is 1.96. The van der Waals surface area contributed by atoms with Crippen LogP contribution in [0.4, 0.5) is 5.69 Å². The van der Waals surface area contributed by atoms with Crippen LogP contribution in [0.2, 0.25) is 0 Å². The van der Waals surface area contributed by atoms with Gasteiger partial charge in [0, 0.05) is 10.5 Å². The van der Waals surface area contributed by atoms with Gasteiger partial charge in [0.15, 0.2) is 5.78 Å². The molecular formula is C11H12BrNO4. The Kier molecular flexibility index (Phi) is 4.22. The first-order valence-corrected chi connectivity index (χ1v) is 5.77. The van der Waals surface area contributed by atoms with E-state index >= 15 is 0 Å². The van der Waals surface area contributed by atoms with Crippen LogP contribution in [0.1, 0.15) is 31.1 Å². The van der Waals surface area contributed by atoms with Gasteiger partial charge in [-0.15, -0.1) is 0 Å². The normalized spacial score (nSPS) is 10.4. The minimum absolute atomic E-state index is 0.0284. The summed E-state index contributed by atoms with van der Waals surface area (Å²) >= 11 is 3.14. The number of ketones is 1. The Morgan fingerprint density at radius 3 is 2.47 bits per heavy atom. The predicted octanol–water partition coefficient (Wildman–Crippen LogP) is 3.35. The molecule has 0 spiro atoms. The number of carbonyl (C=O) groups is 1. The number of hydrogen-bond acceptors (Lipinski definition) is 4. The first-order chi connectivity index (χ1) is 7.82. The number of benzene rings is 1. The van der Waals surface area contributed by atoms with Gasteiger partial charge in [-0.25, -0.2) is 0 Å². The minimum atomic E-state index is -0.561. The van der Waals surface area contributed by atoms with Gasteiger partial charge < -0.3 is 4.74 Å². The molecule has 0 aliphatic rings. The van der Waals surface area contributed by atoms with Crippen molar-refractivity contribution in [1.82, 2.24) is 0 Å². The summed E-state index contributed by atoms with van der Waals surface area (Å²) in [6, 6.07) is 2.84. The number of nitrogens with zero attached hydrogens (tertiary/aromatic N) is 1. The van der Waals surface area contributed by atoms with Gasteiger partial charge in [-0.3, -0.25) is 14.9 Å². The van der Waals surface area contributed by atoms with Gasteiger partial charge in [0.05, 0.1) is 16.6 Å². The van der Waals surface area contributed by atoms with Crippen molar-refractivity contribution in [2.45, 2.75) is 26.9 Å². The number of nitro groups is 1. The number of ether oxygens (including phenoxy) is 1. The molecule has 0 bridgehead atoms. The zero-order valence-corrected chi connectivity index (χ0v) is 11.3. The fourth-order valence-electron chi connectivity index (χ4n) is 1.34. The molecule has 0 amide bonds. The van der Waals surface area contributed by atoms with E-state index in [-0.39, 0.29) is 28.9 Å². The van der Waals surface area contributed by atoms with Gasteiger partial charge in [0.1, 0.15) is 0 Å². The molecule has 5 nitrogen and oxygen atoms in total. The summed E-state index contributed by atoms with van der Waals surface area (Å²) in [6.07, 6.45) is -0.243. The van der Waals surface area contributed by atoms with Crippen LogP contribution in [-0.4, -0.2) is 16.8 Å². The summed E-state index contributed by atoms with van der Waals surface area (Å²) in [5.41, 5.74) is -0.00181. The largest absolute Gasteiger partial charge is 0.484 e. The monoisotopic (exact) mass is 301 g/mol. The van der Waals surface area contributed by atoms with Gasteiger partial charge in [0.25, 0.3) is 0 Å². The summed E-state index contributed by atoms with van der Waals surface area (Å²) in [5.74, 6) is -0.245. The van der Waals surface area contributed by atoms with Crippen molar-refractivity contribution >= 4 is 27.4 Å². The molecule has 0 radical (unpaired) electrons. The maximum atomic E-state index is 11.5. The Balaban J connectivity index is 3.47. The summed E-state index contributed by atoms with van der Waals surface area (Å²) in [7, 11) is 0. The molecule has 6 heteroatoms. The van der Waals surface area contributed by atoms with E-state index in [2.05, 4.69) is 15.9 Å². The fourth-order valence-corrected chi connectivity index (χ4v) is 1.78. The molecule has 92 valence electrons. The standard InChI is InChI=1S/C11H12BrNO4/c1-6(2)17-11-9(7(3)14)4-8(12)5-10(11)13(15)16/h4-6H,1-3H3. The molecular weight excluding hydrogens is 290 g/mol. The van der Waals surface area contributed by atoms with Crippen LogP contribution < -0.4 is 4.74 Å². The predicted molar refractivity (Wildman–Crippen MR) is 66.6 cm³/mol. The zero-order valence-electron chi connectivity index (χ0n) is 9.69. The smallest absolute Gasteiger partial charge is 0.312 e. The lowest BCUT2D eigenvalue weighted by Crippen LogP contribution is -2.11. The number of nitro benzene ring substituents is 1. The first kappa shape index (κ1) is 13.6. The van der Waals surface area contributed by atoms with Crippen LogP contribution in [0, 0.1) is 10.1 Å². The Hall–Kier alpha value is -1.43. The molecule has 0 N–H and O–H groups in total. The first-order valence-electron chi connectivity index (χ1n) is 4.98.